The standard InChI is InChI=1S/C29H39N7O3/c1-18-16-36-24(31-25(18)35-14-12-21(30)17-35)15-23(33-36)19(2)34(6)26(37)29(32-27(38)39-28(3,4)5)13-11-20-9-7-8-10-22(20)29/h7-10,15-16,19,21H,11-14,17,30H2,1-6H3,(H,32,38)/t19-,21-,29?/m0/s1. The van der Waals surface area contributed by atoms with Crippen LogP contribution in [0.25, 0.3) is 5.65 Å². The summed E-state index contributed by atoms with van der Waals surface area (Å²) in [6.45, 7) is 11.0. The molecule has 1 aromatic carbocycles. The number of carbonyl (C=O) groups excluding carboxylic acids is 2. The van der Waals surface area contributed by atoms with Gasteiger partial charge in [0.15, 0.2) is 5.65 Å². The number of hydrogen-bond donors (Lipinski definition) is 2. The highest BCUT2D eigenvalue weighted by molar-refractivity contribution is 5.92. The fourth-order valence-corrected chi connectivity index (χ4v) is 5.69. The van der Waals surface area contributed by atoms with Gasteiger partial charge in [-0.1, -0.05) is 24.3 Å². The monoisotopic (exact) mass is 533 g/mol. The Morgan fingerprint density at radius 3 is 2.72 bits per heavy atom. The maximum Gasteiger partial charge on any atom is 0.408 e. The normalized spacial score (nSPS) is 21.6. The Labute approximate surface area is 229 Å². The van der Waals surface area contributed by atoms with E-state index in [1.807, 2.05) is 50.4 Å². The molecule has 2 aromatic heterocycles. The molecule has 10 nitrogen and oxygen atoms in total. The second kappa shape index (κ2) is 9.82. The quantitative estimate of drug-likeness (QED) is 0.516. The van der Waals surface area contributed by atoms with Crippen molar-refractivity contribution in [2.24, 2.45) is 5.73 Å². The van der Waals surface area contributed by atoms with Crippen LogP contribution in [0.15, 0.2) is 36.5 Å². The molecule has 10 heteroatoms. The average molecular weight is 534 g/mol. The van der Waals surface area contributed by atoms with Crippen molar-refractivity contribution in [2.75, 3.05) is 25.0 Å². The highest BCUT2D eigenvalue weighted by Crippen LogP contribution is 2.40. The first-order valence-corrected chi connectivity index (χ1v) is 13.6. The molecular formula is C29H39N7O3. The third-order valence-corrected chi connectivity index (χ3v) is 7.80. The van der Waals surface area contributed by atoms with Gasteiger partial charge in [0.05, 0.1) is 11.7 Å². The van der Waals surface area contributed by atoms with Gasteiger partial charge in [0.2, 0.25) is 0 Å². The number of ether oxygens (including phenoxy) is 1. The first kappa shape index (κ1) is 26.9. The summed E-state index contributed by atoms with van der Waals surface area (Å²) >= 11 is 0. The lowest BCUT2D eigenvalue weighted by Crippen LogP contribution is -2.56. The molecule has 3 aromatic rings. The molecule has 2 amide bonds. The molecule has 208 valence electrons. The number of alkyl carbamates (subject to hydrolysis) is 1. The lowest BCUT2D eigenvalue weighted by atomic mass is 9.89. The number of rotatable bonds is 5. The lowest BCUT2D eigenvalue weighted by Gasteiger charge is -2.36. The Morgan fingerprint density at radius 1 is 1.28 bits per heavy atom. The number of likely N-dealkylation sites (N-methyl/N-ethyl adjacent to an activating group) is 1. The molecule has 3 N–H and O–H groups in total. The summed E-state index contributed by atoms with van der Waals surface area (Å²) in [5.74, 6) is 0.709. The number of nitrogens with one attached hydrogen (secondary N) is 1. The van der Waals surface area contributed by atoms with Gasteiger partial charge in [-0.15, -0.1) is 0 Å². The van der Waals surface area contributed by atoms with Crippen LogP contribution in [-0.2, 0) is 21.5 Å². The summed E-state index contributed by atoms with van der Waals surface area (Å²) in [7, 11) is 1.76. The zero-order chi connectivity index (χ0) is 28.1. The second-order valence-corrected chi connectivity index (χ2v) is 11.9. The van der Waals surface area contributed by atoms with Crippen LogP contribution in [0, 0.1) is 6.92 Å². The Bertz CT molecular complexity index is 1410. The van der Waals surface area contributed by atoms with Gasteiger partial charge in [-0.2, -0.15) is 5.10 Å². The fourth-order valence-electron chi connectivity index (χ4n) is 5.69. The van der Waals surface area contributed by atoms with Gasteiger partial charge < -0.3 is 25.6 Å². The van der Waals surface area contributed by atoms with Crippen molar-refractivity contribution >= 4 is 23.5 Å². The molecule has 1 aliphatic heterocycles. The van der Waals surface area contributed by atoms with E-state index in [4.69, 9.17) is 20.6 Å². The minimum absolute atomic E-state index is 0.157. The van der Waals surface area contributed by atoms with E-state index in [2.05, 4.69) is 10.2 Å². The van der Waals surface area contributed by atoms with Crippen LogP contribution in [0.3, 0.4) is 0 Å². The second-order valence-electron chi connectivity index (χ2n) is 11.9. The minimum atomic E-state index is -1.22. The van der Waals surface area contributed by atoms with Crippen LogP contribution in [0.2, 0.25) is 0 Å². The summed E-state index contributed by atoms with van der Waals surface area (Å²) in [6.07, 6.45) is 3.44. The van der Waals surface area contributed by atoms with Gasteiger partial charge in [-0.3, -0.25) is 4.79 Å². The van der Waals surface area contributed by atoms with Crippen LogP contribution in [0.1, 0.15) is 69.0 Å². The molecule has 0 spiro atoms. The molecule has 3 heterocycles. The average Bonchev–Trinajstić information content (AvgIpc) is 3.58. The predicted octanol–water partition coefficient (Wildman–Crippen LogP) is 3.46. The third kappa shape index (κ3) is 5.05. The van der Waals surface area contributed by atoms with E-state index < -0.39 is 17.2 Å². The molecule has 1 unspecified atom stereocenters. The number of aromatic nitrogens is 3. The van der Waals surface area contributed by atoms with Crippen LogP contribution in [0.4, 0.5) is 10.6 Å². The number of nitrogens with two attached hydrogens (primary N) is 1. The van der Waals surface area contributed by atoms with Crippen molar-refractivity contribution in [3.05, 3.63) is 58.9 Å². The molecule has 3 atom stereocenters. The molecule has 5 rings (SSSR count). The molecule has 1 saturated heterocycles. The van der Waals surface area contributed by atoms with E-state index >= 15 is 0 Å². The number of nitrogens with zero attached hydrogens (tertiary/aromatic N) is 5. The Balaban J connectivity index is 1.44. The Morgan fingerprint density at radius 2 is 2.03 bits per heavy atom. The van der Waals surface area contributed by atoms with Gasteiger partial charge in [-0.25, -0.2) is 14.3 Å². The Kier molecular flexibility index (Phi) is 6.78. The summed E-state index contributed by atoms with van der Waals surface area (Å²) in [4.78, 5) is 36.0. The number of aryl methyl sites for hydroxylation is 2. The van der Waals surface area contributed by atoms with Crippen molar-refractivity contribution in [2.45, 2.75) is 77.1 Å². The zero-order valence-corrected chi connectivity index (χ0v) is 23.7. The topological polar surface area (TPSA) is 118 Å². The highest BCUT2D eigenvalue weighted by Gasteiger charge is 2.49. The smallest absolute Gasteiger partial charge is 0.408 e. The van der Waals surface area contributed by atoms with Gasteiger partial charge in [-0.05, 0) is 65.0 Å². The van der Waals surface area contributed by atoms with Crippen LogP contribution in [0.5, 0.6) is 0 Å². The molecular weight excluding hydrogens is 494 g/mol. The van der Waals surface area contributed by atoms with Gasteiger partial charge in [0.25, 0.3) is 5.91 Å². The van der Waals surface area contributed by atoms with Crippen LogP contribution >= 0.6 is 0 Å². The lowest BCUT2D eigenvalue weighted by molar-refractivity contribution is -0.139. The van der Waals surface area contributed by atoms with E-state index in [0.717, 1.165) is 42.0 Å². The first-order valence-electron chi connectivity index (χ1n) is 13.6. The van der Waals surface area contributed by atoms with Crippen molar-refractivity contribution in [1.82, 2.24) is 24.8 Å². The number of carbonyl (C=O) groups is 2. The van der Waals surface area contributed by atoms with Gasteiger partial charge in [0.1, 0.15) is 17.0 Å². The molecule has 0 bridgehead atoms. The molecule has 1 fully saturated rings. The number of hydrogen-bond acceptors (Lipinski definition) is 7. The van der Waals surface area contributed by atoms with E-state index in [9.17, 15) is 9.59 Å². The van der Waals surface area contributed by atoms with Gasteiger partial charge >= 0.3 is 6.09 Å². The molecule has 1 aliphatic carbocycles. The van der Waals surface area contributed by atoms with E-state index in [-0.39, 0.29) is 18.0 Å². The van der Waals surface area contributed by atoms with Crippen LogP contribution in [-0.4, -0.2) is 63.3 Å². The number of anilines is 1. The predicted molar refractivity (Wildman–Crippen MR) is 150 cm³/mol. The zero-order valence-electron chi connectivity index (χ0n) is 23.7. The maximum atomic E-state index is 14.3. The van der Waals surface area contributed by atoms with Crippen molar-refractivity contribution < 1.29 is 14.3 Å². The van der Waals surface area contributed by atoms with E-state index in [1.165, 1.54) is 0 Å². The van der Waals surface area contributed by atoms with Gasteiger partial charge in [0, 0.05) is 44.0 Å². The summed E-state index contributed by atoms with van der Waals surface area (Å²) < 4.78 is 7.33. The molecule has 39 heavy (non-hydrogen) atoms. The molecule has 2 aliphatic rings. The summed E-state index contributed by atoms with van der Waals surface area (Å²) in [6, 6.07) is 9.48. The number of amides is 2. The first-order chi connectivity index (χ1) is 18.4. The van der Waals surface area contributed by atoms with E-state index in [1.54, 1.807) is 37.2 Å². The summed E-state index contributed by atoms with van der Waals surface area (Å²) in [5, 5.41) is 7.73. The molecule has 0 saturated carbocycles. The highest BCUT2D eigenvalue weighted by atomic mass is 16.6. The number of fused-ring (bicyclic) bond motifs is 2. The number of benzene rings is 1. The van der Waals surface area contributed by atoms with Crippen molar-refractivity contribution in [3.8, 4) is 0 Å². The maximum absolute atomic E-state index is 14.3. The largest absolute Gasteiger partial charge is 0.444 e. The van der Waals surface area contributed by atoms with Crippen LogP contribution < -0.4 is 16.0 Å². The van der Waals surface area contributed by atoms with E-state index in [0.29, 0.717) is 24.2 Å². The third-order valence-electron chi connectivity index (χ3n) is 7.80. The Hall–Kier alpha value is -3.66. The SMILES string of the molecule is Cc1cn2nc([C@H](C)N(C)C(=O)C3(NC(=O)OC(C)(C)C)CCc4ccccc43)cc2nc1N1CC[C@H](N)C1. The molecule has 0 radical (unpaired) electrons. The fraction of sp³-hybridized carbons (Fsp3) is 0.517. The van der Waals surface area contributed by atoms with Crippen molar-refractivity contribution in [3.63, 3.8) is 0 Å². The van der Waals surface area contributed by atoms with Crippen molar-refractivity contribution in [1.29, 1.82) is 0 Å². The summed E-state index contributed by atoms with van der Waals surface area (Å²) in [5.41, 5.74) is 8.51. The minimum Gasteiger partial charge on any atom is -0.444 e.